The van der Waals surface area contributed by atoms with Crippen LogP contribution in [0.3, 0.4) is 0 Å². The van der Waals surface area contributed by atoms with Crippen molar-refractivity contribution >= 4 is 28.5 Å². The average Bonchev–Trinajstić information content (AvgIpc) is 3.31. The number of methoxy groups -OCH3 is 1. The molecule has 1 saturated heterocycles. The molecule has 39 heavy (non-hydrogen) atoms. The molecule has 202 valence electrons. The van der Waals surface area contributed by atoms with Crippen LogP contribution in [0.15, 0.2) is 59.1 Å². The maximum absolute atomic E-state index is 13.1. The third-order valence-corrected chi connectivity index (χ3v) is 7.65. The highest BCUT2D eigenvalue weighted by atomic mass is 16.5. The number of ketones is 1. The Balaban J connectivity index is 1.14. The minimum absolute atomic E-state index is 0.0367. The van der Waals surface area contributed by atoms with E-state index in [1.807, 2.05) is 57.2 Å². The summed E-state index contributed by atoms with van der Waals surface area (Å²) >= 11 is 0. The van der Waals surface area contributed by atoms with Gasteiger partial charge >= 0.3 is 5.97 Å². The molecule has 7 heteroatoms. The molecule has 0 saturated carbocycles. The monoisotopic (exact) mass is 526 g/mol. The zero-order valence-corrected chi connectivity index (χ0v) is 23.0. The maximum atomic E-state index is 13.1. The van der Waals surface area contributed by atoms with E-state index >= 15 is 0 Å². The van der Waals surface area contributed by atoms with Crippen molar-refractivity contribution in [3.8, 4) is 0 Å². The van der Waals surface area contributed by atoms with Crippen molar-refractivity contribution in [3.63, 3.8) is 0 Å². The fraction of sp³-hybridized carbons (Fsp3) is 0.344. The number of nitrogens with zero attached hydrogens (tertiary/aromatic N) is 2. The summed E-state index contributed by atoms with van der Waals surface area (Å²) in [7, 11) is 1.38. The van der Waals surface area contributed by atoms with Gasteiger partial charge in [0.15, 0.2) is 5.76 Å². The smallest absolute Gasteiger partial charge is 0.337 e. The molecule has 2 aromatic heterocycles. The average molecular weight is 527 g/mol. The standard InChI is InChI=1S/C32H34N2O5/c1-20-8-10-27-22(3)31(39-30(27)21(20)2)28(35)17-23-9-11-29(33-18-23)34-14-12-26(13-15-34)38-19-24-6-5-7-25(16-24)32(36)37-4/h5-11,16,18,26H,12-15,17,19H2,1-4H3. The van der Waals surface area contributed by atoms with Crippen LogP contribution < -0.4 is 4.90 Å². The Hall–Kier alpha value is -3.97. The van der Waals surface area contributed by atoms with Crippen molar-refractivity contribution in [1.82, 2.24) is 4.98 Å². The lowest BCUT2D eigenvalue weighted by atomic mass is 10.0. The first-order valence-corrected chi connectivity index (χ1v) is 13.3. The van der Waals surface area contributed by atoms with Gasteiger partial charge in [-0.1, -0.05) is 30.3 Å². The van der Waals surface area contributed by atoms with Gasteiger partial charge in [-0.05, 0) is 74.1 Å². The summed E-state index contributed by atoms with van der Waals surface area (Å²) in [6.45, 7) is 8.16. The number of furan rings is 1. The number of carbonyl (C=O) groups excluding carboxylic acids is 2. The number of pyridine rings is 1. The number of anilines is 1. The van der Waals surface area contributed by atoms with E-state index in [0.717, 1.165) is 70.5 Å². The summed E-state index contributed by atoms with van der Waals surface area (Å²) in [6.07, 6.45) is 3.97. The van der Waals surface area contributed by atoms with E-state index in [4.69, 9.17) is 13.9 Å². The molecule has 1 aliphatic rings. The summed E-state index contributed by atoms with van der Waals surface area (Å²) in [5, 5.41) is 0.997. The Morgan fingerprint density at radius 1 is 1.00 bits per heavy atom. The van der Waals surface area contributed by atoms with E-state index in [2.05, 4.69) is 16.0 Å². The number of carbonyl (C=O) groups is 2. The van der Waals surface area contributed by atoms with Crippen molar-refractivity contribution in [1.29, 1.82) is 0 Å². The van der Waals surface area contributed by atoms with Crippen LogP contribution in [-0.2, 0) is 22.5 Å². The van der Waals surface area contributed by atoms with Gasteiger partial charge in [0.1, 0.15) is 11.4 Å². The van der Waals surface area contributed by atoms with E-state index in [0.29, 0.717) is 17.9 Å². The highest BCUT2D eigenvalue weighted by molar-refractivity contribution is 6.01. The van der Waals surface area contributed by atoms with E-state index in [9.17, 15) is 9.59 Å². The number of hydrogen-bond donors (Lipinski definition) is 0. The molecule has 0 amide bonds. The number of esters is 1. The zero-order chi connectivity index (χ0) is 27.5. The molecule has 5 rings (SSSR count). The Labute approximate surface area is 228 Å². The van der Waals surface area contributed by atoms with Gasteiger partial charge in [-0.3, -0.25) is 4.79 Å². The molecule has 7 nitrogen and oxygen atoms in total. The van der Waals surface area contributed by atoms with Gasteiger partial charge in [-0.15, -0.1) is 0 Å². The van der Waals surface area contributed by atoms with Crippen molar-refractivity contribution < 1.29 is 23.5 Å². The van der Waals surface area contributed by atoms with Gasteiger partial charge in [-0.2, -0.15) is 0 Å². The lowest BCUT2D eigenvalue weighted by Gasteiger charge is -2.32. The number of hydrogen-bond acceptors (Lipinski definition) is 7. The summed E-state index contributed by atoms with van der Waals surface area (Å²) < 4.78 is 17.0. The molecule has 1 aliphatic heterocycles. The van der Waals surface area contributed by atoms with Crippen LogP contribution in [0.25, 0.3) is 11.0 Å². The van der Waals surface area contributed by atoms with Crippen LogP contribution in [0, 0.1) is 20.8 Å². The molecule has 2 aromatic carbocycles. The lowest BCUT2D eigenvalue weighted by Crippen LogP contribution is -2.37. The second kappa shape index (κ2) is 11.4. The number of Topliss-reactive ketones (excluding diaryl/α,β-unsaturated/α-hetero) is 1. The van der Waals surface area contributed by atoms with Gasteiger partial charge in [-0.25, -0.2) is 9.78 Å². The fourth-order valence-electron chi connectivity index (χ4n) is 5.13. The van der Waals surface area contributed by atoms with Crippen molar-refractivity contribution in [2.75, 3.05) is 25.1 Å². The molecule has 0 spiro atoms. The number of benzene rings is 2. The maximum Gasteiger partial charge on any atom is 0.337 e. The van der Waals surface area contributed by atoms with Crippen LogP contribution >= 0.6 is 0 Å². The molecule has 3 heterocycles. The third-order valence-electron chi connectivity index (χ3n) is 7.65. The number of piperidine rings is 1. The second-order valence-corrected chi connectivity index (χ2v) is 10.3. The number of fused-ring (bicyclic) bond motifs is 1. The van der Waals surface area contributed by atoms with Crippen LogP contribution in [0.4, 0.5) is 5.82 Å². The quantitative estimate of drug-likeness (QED) is 0.201. The first-order chi connectivity index (χ1) is 18.8. The van der Waals surface area contributed by atoms with Gasteiger partial charge < -0.3 is 18.8 Å². The van der Waals surface area contributed by atoms with Gasteiger partial charge in [0.2, 0.25) is 5.78 Å². The van der Waals surface area contributed by atoms with Crippen LogP contribution in [0.1, 0.15) is 61.6 Å². The van der Waals surface area contributed by atoms with Gasteiger partial charge in [0.25, 0.3) is 0 Å². The van der Waals surface area contributed by atoms with Crippen LogP contribution in [-0.4, -0.2) is 43.0 Å². The first kappa shape index (κ1) is 26.6. The minimum Gasteiger partial charge on any atom is -0.465 e. The van der Waals surface area contributed by atoms with Crippen LogP contribution in [0.2, 0.25) is 0 Å². The zero-order valence-electron chi connectivity index (χ0n) is 23.0. The summed E-state index contributed by atoms with van der Waals surface area (Å²) in [6, 6.07) is 15.4. The summed E-state index contributed by atoms with van der Waals surface area (Å²) in [4.78, 5) is 31.7. The largest absolute Gasteiger partial charge is 0.465 e. The van der Waals surface area contributed by atoms with E-state index in [1.54, 1.807) is 12.3 Å². The molecule has 0 aliphatic carbocycles. The third kappa shape index (κ3) is 5.73. The predicted octanol–water partition coefficient (Wildman–Crippen LogP) is 6.15. The molecule has 0 atom stereocenters. The number of aryl methyl sites for hydroxylation is 3. The number of rotatable bonds is 8. The van der Waals surface area contributed by atoms with Gasteiger partial charge in [0.05, 0.1) is 25.4 Å². The topological polar surface area (TPSA) is 81.9 Å². The van der Waals surface area contributed by atoms with Crippen molar-refractivity contribution in [2.24, 2.45) is 0 Å². The Bertz CT molecular complexity index is 1500. The number of ether oxygens (including phenoxy) is 2. The van der Waals surface area contributed by atoms with Gasteiger partial charge in [0, 0.05) is 36.7 Å². The molecular formula is C32H34N2O5. The first-order valence-electron chi connectivity index (χ1n) is 13.3. The normalized spacial score (nSPS) is 14.1. The predicted molar refractivity (Wildman–Crippen MR) is 151 cm³/mol. The summed E-state index contributed by atoms with van der Waals surface area (Å²) in [5.41, 5.74) is 6.26. The lowest BCUT2D eigenvalue weighted by molar-refractivity contribution is 0.0250. The molecule has 4 aromatic rings. The molecule has 0 N–H and O–H groups in total. The molecular weight excluding hydrogens is 492 g/mol. The van der Waals surface area contributed by atoms with Crippen molar-refractivity contribution in [3.05, 3.63) is 93.9 Å². The second-order valence-electron chi connectivity index (χ2n) is 10.3. The fourth-order valence-corrected chi connectivity index (χ4v) is 5.13. The highest BCUT2D eigenvalue weighted by Crippen LogP contribution is 2.30. The Morgan fingerprint density at radius 2 is 1.79 bits per heavy atom. The van der Waals surface area contributed by atoms with Crippen LogP contribution in [0.5, 0.6) is 0 Å². The minimum atomic E-state index is -0.345. The number of aromatic nitrogens is 1. The van der Waals surface area contributed by atoms with E-state index in [1.165, 1.54) is 7.11 Å². The molecule has 0 radical (unpaired) electrons. The summed E-state index contributed by atoms with van der Waals surface area (Å²) in [5.74, 6) is 0.955. The molecule has 1 fully saturated rings. The van der Waals surface area contributed by atoms with E-state index < -0.39 is 0 Å². The SMILES string of the molecule is COC(=O)c1cccc(COC2CCN(c3ccc(CC(=O)c4oc5c(C)c(C)ccc5c4C)cn3)CC2)c1. The van der Waals surface area contributed by atoms with E-state index in [-0.39, 0.29) is 24.3 Å². The Kier molecular flexibility index (Phi) is 7.79. The Morgan fingerprint density at radius 3 is 2.51 bits per heavy atom. The van der Waals surface area contributed by atoms with Crippen molar-refractivity contribution in [2.45, 2.75) is 52.7 Å². The highest BCUT2D eigenvalue weighted by Gasteiger charge is 2.22. The molecule has 0 unspecified atom stereocenters. The molecule has 0 bridgehead atoms.